The quantitative estimate of drug-likeness (QED) is 0.941. The van der Waals surface area contributed by atoms with Gasteiger partial charge in [0, 0.05) is 19.6 Å². The first kappa shape index (κ1) is 14.9. The van der Waals surface area contributed by atoms with Gasteiger partial charge in [0.1, 0.15) is 11.8 Å². The molecule has 0 saturated carbocycles. The molecule has 23 heavy (non-hydrogen) atoms. The average Bonchev–Trinajstić information content (AvgIpc) is 3.18. The van der Waals surface area contributed by atoms with Crippen molar-refractivity contribution in [3.63, 3.8) is 0 Å². The molecular weight excluding hydrogens is 284 g/mol. The molecule has 0 amide bonds. The maximum atomic E-state index is 6.34. The number of hydrogen-bond acceptors (Lipinski definition) is 3. The molecule has 2 saturated heterocycles. The molecule has 4 rings (SSSR count). The van der Waals surface area contributed by atoms with E-state index in [2.05, 4.69) is 70.9 Å². The molecule has 2 aliphatic heterocycles. The minimum absolute atomic E-state index is 0.0120. The lowest BCUT2D eigenvalue weighted by atomic mass is 9.86. The molecule has 2 unspecified atom stereocenters. The highest BCUT2D eigenvalue weighted by Gasteiger charge is 2.49. The number of likely N-dealkylation sites (tertiary alicyclic amines) is 1. The number of nitrogens with one attached hydrogen (secondary N) is 1. The smallest absolute Gasteiger partial charge is 0.129 e. The zero-order valence-corrected chi connectivity index (χ0v) is 13.4. The predicted octanol–water partition coefficient (Wildman–Crippen LogP) is 3.30. The average molecular weight is 308 g/mol. The van der Waals surface area contributed by atoms with Gasteiger partial charge in [0.25, 0.3) is 0 Å². The van der Waals surface area contributed by atoms with Gasteiger partial charge in [0.2, 0.25) is 0 Å². The summed E-state index contributed by atoms with van der Waals surface area (Å²) in [6.07, 6.45) is 2.54. The molecule has 0 radical (unpaired) electrons. The highest BCUT2D eigenvalue weighted by molar-refractivity contribution is 5.32. The Labute approximate surface area is 138 Å². The summed E-state index contributed by atoms with van der Waals surface area (Å²) < 4.78 is 6.34. The molecule has 0 spiro atoms. The topological polar surface area (TPSA) is 24.5 Å². The van der Waals surface area contributed by atoms with Gasteiger partial charge in [-0.3, -0.25) is 10.2 Å². The lowest BCUT2D eigenvalue weighted by Crippen LogP contribution is -2.62. The van der Waals surface area contributed by atoms with Gasteiger partial charge in [0.05, 0.1) is 6.61 Å². The van der Waals surface area contributed by atoms with Gasteiger partial charge < -0.3 is 4.74 Å². The number of benzene rings is 2. The second-order valence-corrected chi connectivity index (χ2v) is 6.41. The highest BCUT2D eigenvalue weighted by atomic mass is 16.5. The second kappa shape index (κ2) is 6.44. The second-order valence-electron chi connectivity index (χ2n) is 6.41. The molecule has 2 aromatic carbocycles. The van der Waals surface area contributed by atoms with Crippen molar-refractivity contribution in [2.45, 2.75) is 24.6 Å². The first-order chi connectivity index (χ1) is 11.4. The number of morpholine rings is 1. The van der Waals surface area contributed by atoms with Crippen molar-refractivity contribution in [1.82, 2.24) is 10.2 Å². The fourth-order valence-corrected chi connectivity index (χ4v) is 4.07. The van der Waals surface area contributed by atoms with Crippen molar-refractivity contribution in [3.05, 3.63) is 71.8 Å². The van der Waals surface area contributed by atoms with Crippen LogP contribution in [0.25, 0.3) is 0 Å². The Bertz CT molecular complexity index is 625. The van der Waals surface area contributed by atoms with E-state index in [9.17, 15) is 0 Å². The van der Waals surface area contributed by atoms with E-state index in [1.165, 1.54) is 24.0 Å². The monoisotopic (exact) mass is 308 g/mol. The molecule has 0 bridgehead atoms. The van der Waals surface area contributed by atoms with Crippen molar-refractivity contribution < 1.29 is 4.74 Å². The zero-order chi connectivity index (χ0) is 15.5. The Balaban J connectivity index is 1.84. The van der Waals surface area contributed by atoms with E-state index in [1.807, 2.05) is 0 Å². The molecule has 0 aliphatic carbocycles. The van der Waals surface area contributed by atoms with E-state index >= 15 is 0 Å². The molecule has 2 fully saturated rings. The van der Waals surface area contributed by atoms with Crippen LogP contribution in [0.15, 0.2) is 60.7 Å². The third-order valence-corrected chi connectivity index (χ3v) is 5.08. The van der Waals surface area contributed by atoms with Crippen LogP contribution < -0.4 is 5.32 Å². The van der Waals surface area contributed by atoms with Crippen molar-refractivity contribution in [2.24, 2.45) is 0 Å². The van der Waals surface area contributed by atoms with Crippen LogP contribution in [0.4, 0.5) is 0 Å². The van der Waals surface area contributed by atoms with E-state index in [-0.39, 0.29) is 11.8 Å². The van der Waals surface area contributed by atoms with Crippen LogP contribution in [0.1, 0.15) is 30.1 Å². The number of nitrogens with zero attached hydrogens (tertiary/aromatic N) is 1. The summed E-state index contributed by atoms with van der Waals surface area (Å²) in [5, 5.41) is 3.84. The molecule has 2 aromatic rings. The number of rotatable bonds is 3. The maximum absolute atomic E-state index is 6.34. The van der Waals surface area contributed by atoms with Gasteiger partial charge >= 0.3 is 0 Å². The molecular formula is C20H24N2O. The number of hydrogen-bond donors (Lipinski definition) is 1. The molecule has 120 valence electrons. The highest BCUT2D eigenvalue weighted by Crippen LogP contribution is 2.43. The largest absolute Gasteiger partial charge is 0.368 e. The van der Waals surface area contributed by atoms with E-state index in [0.717, 1.165) is 26.2 Å². The van der Waals surface area contributed by atoms with E-state index < -0.39 is 0 Å². The summed E-state index contributed by atoms with van der Waals surface area (Å²) in [5.74, 6) is 0. The van der Waals surface area contributed by atoms with Crippen LogP contribution in [0.3, 0.4) is 0 Å². The Hall–Kier alpha value is -1.68. The van der Waals surface area contributed by atoms with E-state index in [1.54, 1.807) is 0 Å². The molecule has 2 aliphatic rings. The normalized spacial score (nSPS) is 28.8. The van der Waals surface area contributed by atoms with Crippen LogP contribution in [0.5, 0.6) is 0 Å². The first-order valence-electron chi connectivity index (χ1n) is 8.63. The molecule has 0 aromatic heterocycles. The van der Waals surface area contributed by atoms with Gasteiger partial charge in [-0.25, -0.2) is 0 Å². The summed E-state index contributed by atoms with van der Waals surface area (Å²) in [5.41, 5.74) is 2.28. The van der Waals surface area contributed by atoms with Gasteiger partial charge in [-0.1, -0.05) is 60.7 Å². The van der Waals surface area contributed by atoms with Gasteiger partial charge in [-0.2, -0.15) is 0 Å². The van der Waals surface area contributed by atoms with Crippen molar-refractivity contribution in [1.29, 1.82) is 0 Å². The third kappa shape index (κ3) is 2.59. The summed E-state index contributed by atoms with van der Waals surface area (Å²) in [7, 11) is 0. The summed E-state index contributed by atoms with van der Waals surface area (Å²) in [6, 6.07) is 21.5. The fraction of sp³-hybridized carbons (Fsp3) is 0.400. The van der Waals surface area contributed by atoms with Gasteiger partial charge in [-0.15, -0.1) is 0 Å². The van der Waals surface area contributed by atoms with Crippen LogP contribution in [0, 0.1) is 0 Å². The summed E-state index contributed by atoms with van der Waals surface area (Å²) >= 11 is 0. The fourth-order valence-electron chi connectivity index (χ4n) is 4.07. The molecule has 3 nitrogen and oxygen atoms in total. The van der Waals surface area contributed by atoms with E-state index in [4.69, 9.17) is 4.74 Å². The van der Waals surface area contributed by atoms with E-state index in [0.29, 0.717) is 0 Å². The van der Waals surface area contributed by atoms with Crippen LogP contribution in [0.2, 0.25) is 0 Å². The molecule has 1 N–H and O–H groups in total. The first-order valence-corrected chi connectivity index (χ1v) is 8.63. The summed E-state index contributed by atoms with van der Waals surface area (Å²) in [6.45, 7) is 3.87. The van der Waals surface area contributed by atoms with Crippen molar-refractivity contribution >= 4 is 0 Å². The van der Waals surface area contributed by atoms with Crippen LogP contribution >= 0.6 is 0 Å². The summed E-state index contributed by atoms with van der Waals surface area (Å²) in [4.78, 5) is 2.58. The van der Waals surface area contributed by atoms with Crippen molar-refractivity contribution in [3.8, 4) is 0 Å². The number of ether oxygens (including phenoxy) is 1. The Morgan fingerprint density at radius 3 is 2.26 bits per heavy atom. The Morgan fingerprint density at radius 1 is 0.913 bits per heavy atom. The zero-order valence-electron chi connectivity index (χ0n) is 13.4. The minimum atomic E-state index is -0.267. The maximum Gasteiger partial charge on any atom is 0.129 e. The predicted molar refractivity (Wildman–Crippen MR) is 92.1 cm³/mol. The molecule has 2 atom stereocenters. The molecule has 2 heterocycles. The van der Waals surface area contributed by atoms with Crippen LogP contribution in [-0.4, -0.2) is 31.1 Å². The lowest BCUT2D eigenvalue weighted by molar-refractivity contribution is -0.125. The lowest BCUT2D eigenvalue weighted by Gasteiger charge is -2.50. The third-order valence-electron chi connectivity index (χ3n) is 5.08. The molecule has 3 heteroatoms. The Morgan fingerprint density at radius 2 is 1.57 bits per heavy atom. The standard InChI is InChI=1S/C20H24N2O/c1-3-9-17(10-4-1)19-20(21-13-16-23-19,22-14-7-8-15-22)18-11-5-2-6-12-18/h1-6,9-12,19,21H,7-8,13-16H2. The minimum Gasteiger partial charge on any atom is -0.368 e. The van der Waals surface area contributed by atoms with Gasteiger partial charge in [0.15, 0.2) is 0 Å². The SMILES string of the molecule is c1ccc(C2OCCNC2(c2ccccc2)N2CCCC2)cc1. The van der Waals surface area contributed by atoms with Crippen LogP contribution in [-0.2, 0) is 10.4 Å². The Kier molecular flexibility index (Phi) is 4.17. The van der Waals surface area contributed by atoms with Crippen molar-refractivity contribution in [2.75, 3.05) is 26.2 Å². The van der Waals surface area contributed by atoms with Gasteiger partial charge in [-0.05, 0) is 24.0 Å².